The van der Waals surface area contributed by atoms with Crippen molar-refractivity contribution in [2.75, 3.05) is 13.2 Å². The van der Waals surface area contributed by atoms with Gasteiger partial charge in [0, 0.05) is 18.0 Å². The van der Waals surface area contributed by atoms with Crippen LogP contribution < -0.4 is 5.32 Å². The van der Waals surface area contributed by atoms with Crippen molar-refractivity contribution in [3.8, 4) is 0 Å². The van der Waals surface area contributed by atoms with Crippen LogP contribution in [0.4, 0.5) is 0 Å². The summed E-state index contributed by atoms with van der Waals surface area (Å²) in [5.41, 5.74) is 1.12. The molecular formula is C11H20N2OS. The zero-order valence-electron chi connectivity index (χ0n) is 9.66. The fourth-order valence-corrected chi connectivity index (χ4v) is 2.09. The third-order valence-electron chi connectivity index (χ3n) is 2.47. The lowest BCUT2D eigenvalue weighted by Gasteiger charge is -2.15. The van der Waals surface area contributed by atoms with E-state index in [9.17, 15) is 0 Å². The Labute approximate surface area is 95.6 Å². The molecule has 2 unspecified atom stereocenters. The van der Waals surface area contributed by atoms with E-state index in [2.05, 4.69) is 29.5 Å². The minimum Gasteiger partial charge on any atom is -0.396 e. The Hall–Kier alpha value is -0.450. The Morgan fingerprint density at radius 3 is 2.80 bits per heavy atom. The van der Waals surface area contributed by atoms with Crippen molar-refractivity contribution in [2.45, 2.75) is 33.2 Å². The first-order chi connectivity index (χ1) is 7.13. The lowest BCUT2D eigenvalue weighted by molar-refractivity contribution is 0.258. The molecule has 0 saturated heterocycles. The molecule has 4 heteroatoms. The van der Waals surface area contributed by atoms with E-state index in [1.807, 2.05) is 6.92 Å². The van der Waals surface area contributed by atoms with Gasteiger partial charge in [-0.25, -0.2) is 4.98 Å². The lowest BCUT2D eigenvalue weighted by atomic mass is 10.1. The van der Waals surface area contributed by atoms with Crippen LogP contribution in [0.25, 0.3) is 0 Å². The Morgan fingerprint density at radius 2 is 2.27 bits per heavy atom. The van der Waals surface area contributed by atoms with Gasteiger partial charge in [-0.05, 0) is 32.7 Å². The van der Waals surface area contributed by atoms with E-state index in [-0.39, 0.29) is 6.61 Å². The smallest absolute Gasteiger partial charge is 0.0898 e. The molecule has 0 aliphatic heterocycles. The summed E-state index contributed by atoms with van der Waals surface area (Å²) < 4.78 is 0. The molecule has 2 atom stereocenters. The number of aliphatic hydroxyl groups excluding tert-OH is 1. The molecule has 0 amide bonds. The first kappa shape index (κ1) is 12.6. The van der Waals surface area contributed by atoms with Crippen molar-refractivity contribution < 1.29 is 5.11 Å². The van der Waals surface area contributed by atoms with Crippen molar-refractivity contribution in [3.63, 3.8) is 0 Å². The summed E-state index contributed by atoms with van der Waals surface area (Å²) in [4.78, 5) is 4.44. The van der Waals surface area contributed by atoms with Gasteiger partial charge < -0.3 is 10.4 Å². The normalized spacial score (nSPS) is 15.2. The summed E-state index contributed by atoms with van der Waals surface area (Å²) in [7, 11) is 0. The highest BCUT2D eigenvalue weighted by atomic mass is 32.1. The second kappa shape index (κ2) is 6.20. The minimum atomic E-state index is 0.271. The van der Waals surface area contributed by atoms with E-state index >= 15 is 0 Å². The number of aromatic nitrogens is 1. The van der Waals surface area contributed by atoms with Crippen molar-refractivity contribution in [1.29, 1.82) is 0 Å². The van der Waals surface area contributed by atoms with Crippen molar-refractivity contribution >= 4 is 11.3 Å². The quantitative estimate of drug-likeness (QED) is 0.784. The average molecular weight is 228 g/mol. The number of rotatable bonds is 6. The van der Waals surface area contributed by atoms with Crippen LogP contribution in [0, 0.1) is 12.8 Å². The summed E-state index contributed by atoms with van der Waals surface area (Å²) in [6.45, 7) is 7.49. The van der Waals surface area contributed by atoms with Crippen LogP contribution in [-0.2, 0) is 0 Å². The highest BCUT2D eigenvalue weighted by molar-refractivity contribution is 7.09. The average Bonchev–Trinajstić information content (AvgIpc) is 2.62. The third kappa shape index (κ3) is 4.28. The third-order valence-corrected chi connectivity index (χ3v) is 3.27. The van der Waals surface area contributed by atoms with Gasteiger partial charge >= 0.3 is 0 Å². The van der Waals surface area contributed by atoms with Crippen LogP contribution >= 0.6 is 11.3 Å². The number of aliphatic hydroxyl groups is 1. The molecule has 0 saturated carbocycles. The van der Waals surface area contributed by atoms with E-state index in [0.29, 0.717) is 12.0 Å². The molecule has 0 aromatic carbocycles. The maximum absolute atomic E-state index is 8.78. The molecule has 1 heterocycles. The number of hydrogen-bond donors (Lipinski definition) is 2. The summed E-state index contributed by atoms with van der Waals surface area (Å²) >= 11 is 1.69. The Balaban J connectivity index is 2.33. The predicted octanol–water partition coefficient (Wildman–Crippen LogP) is 2.12. The first-order valence-corrected chi connectivity index (χ1v) is 6.27. The van der Waals surface area contributed by atoms with Crippen LogP contribution in [0.1, 0.15) is 37.0 Å². The molecule has 3 nitrogen and oxygen atoms in total. The molecule has 1 aromatic rings. The Morgan fingerprint density at radius 1 is 1.53 bits per heavy atom. The van der Waals surface area contributed by atoms with Gasteiger partial charge in [0.2, 0.25) is 0 Å². The topological polar surface area (TPSA) is 45.2 Å². The molecule has 1 aromatic heterocycles. The maximum Gasteiger partial charge on any atom is 0.0898 e. The van der Waals surface area contributed by atoms with Crippen LogP contribution in [-0.4, -0.2) is 23.2 Å². The Kier molecular flexibility index (Phi) is 5.22. The number of nitrogens with one attached hydrogen (secondary N) is 1. The van der Waals surface area contributed by atoms with Gasteiger partial charge in [-0.2, -0.15) is 0 Å². The second-order valence-electron chi connectivity index (χ2n) is 4.04. The van der Waals surface area contributed by atoms with Gasteiger partial charge in [0.05, 0.1) is 10.7 Å². The summed E-state index contributed by atoms with van der Waals surface area (Å²) in [6.07, 6.45) is 0.857. The van der Waals surface area contributed by atoms with Crippen LogP contribution in [0.3, 0.4) is 0 Å². The van der Waals surface area contributed by atoms with Crippen molar-refractivity contribution in [3.05, 3.63) is 16.1 Å². The van der Waals surface area contributed by atoms with E-state index < -0.39 is 0 Å². The van der Waals surface area contributed by atoms with E-state index in [0.717, 1.165) is 23.7 Å². The van der Waals surface area contributed by atoms with Crippen LogP contribution in [0.15, 0.2) is 5.38 Å². The molecule has 86 valence electrons. The number of thiazole rings is 1. The van der Waals surface area contributed by atoms with Gasteiger partial charge in [0.25, 0.3) is 0 Å². The lowest BCUT2D eigenvalue weighted by Crippen LogP contribution is -2.25. The number of nitrogens with zero attached hydrogens (tertiary/aromatic N) is 1. The van der Waals surface area contributed by atoms with Crippen molar-refractivity contribution in [2.24, 2.45) is 5.92 Å². The summed E-state index contributed by atoms with van der Waals surface area (Å²) in [5.74, 6) is 0.511. The molecule has 0 radical (unpaired) electrons. The largest absolute Gasteiger partial charge is 0.396 e. The predicted molar refractivity (Wildman–Crippen MR) is 64.1 cm³/mol. The van der Waals surface area contributed by atoms with Gasteiger partial charge in [0.1, 0.15) is 0 Å². The maximum atomic E-state index is 8.78. The molecule has 2 N–H and O–H groups in total. The summed E-state index contributed by atoms with van der Waals surface area (Å²) in [6, 6.07) is 0.302. The summed E-state index contributed by atoms with van der Waals surface area (Å²) in [5, 5.41) is 15.4. The number of aryl methyl sites for hydroxylation is 1. The second-order valence-corrected chi connectivity index (χ2v) is 5.10. The van der Waals surface area contributed by atoms with E-state index in [1.54, 1.807) is 11.3 Å². The molecule has 0 fully saturated rings. The first-order valence-electron chi connectivity index (χ1n) is 5.39. The van der Waals surface area contributed by atoms with Gasteiger partial charge in [0.15, 0.2) is 0 Å². The standard InChI is InChI=1S/C11H20N2OS/c1-8(4-5-14)6-12-9(2)11-7-15-10(3)13-11/h7-9,12,14H,4-6H2,1-3H3. The fraction of sp³-hybridized carbons (Fsp3) is 0.727. The highest BCUT2D eigenvalue weighted by Crippen LogP contribution is 2.15. The molecule has 15 heavy (non-hydrogen) atoms. The Bertz CT molecular complexity index is 288. The zero-order valence-corrected chi connectivity index (χ0v) is 10.5. The highest BCUT2D eigenvalue weighted by Gasteiger charge is 2.09. The van der Waals surface area contributed by atoms with Gasteiger partial charge in [-0.3, -0.25) is 0 Å². The van der Waals surface area contributed by atoms with Gasteiger partial charge in [-0.15, -0.1) is 11.3 Å². The molecule has 0 aliphatic rings. The molecule has 0 aliphatic carbocycles. The SMILES string of the molecule is Cc1nc(C(C)NCC(C)CCO)cs1. The van der Waals surface area contributed by atoms with Crippen LogP contribution in [0.5, 0.6) is 0 Å². The van der Waals surface area contributed by atoms with Gasteiger partial charge in [-0.1, -0.05) is 6.92 Å². The zero-order chi connectivity index (χ0) is 11.3. The number of hydrogen-bond acceptors (Lipinski definition) is 4. The minimum absolute atomic E-state index is 0.271. The monoisotopic (exact) mass is 228 g/mol. The molecule has 0 bridgehead atoms. The molecule has 0 spiro atoms. The van der Waals surface area contributed by atoms with Crippen molar-refractivity contribution in [1.82, 2.24) is 10.3 Å². The van der Waals surface area contributed by atoms with E-state index in [4.69, 9.17) is 5.11 Å². The van der Waals surface area contributed by atoms with E-state index in [1.165, 1.54) is 0 Å². The molecular weight excluding hydrogens is 208 g/mol. The van der Waals surface area contributed by atoms with Crippen LogP contribution in [0.2, 0.25) is 0 Å². The molecule has 1 rings (SSSR count). The fourth-order valence-electron chi connectivity index (χ4n) is 1.38.